The highest BCUT2D eigenvalue weighted by Crippen LogP contribution is 2.33. The van der Waals surface area contributed by atoms with Crippen LogP contribution in [0.25, 0.3) is 0 Å². The van der Waals surface area contributed by atoms with Gasteiger partial charge in [0, 0.05) is 19.3 Å². The maximum Gasteiger partial charge on any atom is 0.416 e. The minimum atomic E-state index is -4.32. The first-order valence-electron chi connectivity index (χ1n) is 5.93. The molecule has 0 atom stereocenters. The average Bonchev–Trinajstić information content (AvgIpc) is 2.34. The summed E-state index contributed by atoms with van der Waals surface area (Å²) in [6.07, 6.45) is -4.32. The van der Waals surface area contributed by atoms with Gasteiger partial charge in [-0.2, -0.15) is 13.2 Å². The molecule has 0 aromatic heterocycles. The fourth-order valence-corrected chi connectivity index (χ4v) is 1.55. The van der Waals surface area contributed by atoms with Crippen LogP contribution in [-0.2, 0) is 15.7 Å². The zero-order valence-electron chi connectivity index (χ0n) is 11.0. The summed E-state index contributed by atoms with van der Waals surface area (Å²) < 4.78 is 48.1. The van der Waals surface area contributed by atoms with Crippen LogP contribution in [-0.4, -0.2) is 33.5 Å². The van der Waals surface area contributed by atoms with Crippen molar-refractivity contribution in [2.45, 2.75) is 13.1 Å². The molecule has 0 radical (unpaired) electrons. The third-order valence-corrected chi connectivity index (χ3v) is 2.55. The molecule has 0 fully saturated rings. The molecule has 0 unspecified atom stereocenters. The number of nitrogens with one attached hydrogen (secondary N) is 1. The molecule has 0 saturated carbocycles. The first-order chi connectivity index (χ1) is 8.95. The lowest BCUT2D eigenvalue weighted by Gasteiger charge is -2.13. The second-order valence-corrected chi connectivity index (χ2v) is 4.06. The highest BCUT2D eigenvalue weighted by atomic mass is 19.4. The standard InChI is InChI=1S/C13H18F3NO2/c1-10-3-4-11(9-12(10)13(14,15)16)17-5-6-19-8-7-18-2/h3-4,9,17H,5-8H2,1-2H3. The van der Waals surface area contributed by atoms with Crippen molar-refractivity contribution in [1.82, 2.24) is 0 Å². The van der Waals surface area contributed by atoms with Gasteiger partial charge in [-0.3, -0.25) is 0 Å². The van der Waals surface area contributed by atoms with Crippen molar-refractivity contribution in [3.8, 4) is 0 Å². The van der Waals surface area contributed by atoms with Gasteiger partial charge in [-0.05, 0) is 24.6 Å². The van der Waals surface area contributed by atoms with Crippen molar-refractivity contribution < 1.29 is 22.6 Å². The Morgan fingerprint density at radius 1 is 1.16 bits per heavy atom. The smallest absolute Gasteiger partial charge is 0.383 e. The zero-order valence-corrected chi connectivity index (χ0v) is 11.0. The van der Waals surface area contributed by atoms with Crippen LogP contribution in [0.3, 0.4) is 0 Å². The van der Waals surface area contributed by atoms with Gasteiger partial charge in [0.1, 0.15) is 0 Å². The first-order valence-corrected chi connectivity index (χ1v) is 5.93. The molecule has 1 N–H and O–H groups in total. The summed E-state index contributed by atoms with van der Waals surface area (Å²) in [5, 5.41) is 2.90. The van der Waals surface area contributed by atoms with Crippen LogP contribution in [0.5, 0.6) is 0 Å². The normalized spacial score (nSPS) is 11.6. The fourth-order valence-electron chi connectivity index (χ4n) is 1.55. The maximum absolute atomic E-state index is 12.7. The van der Waals surface area contributed by atoms with Crippen molar-refractivity contribution in [3.05, 3.63) is 29.3 Å². The van der Waals surface area contributed by atoms with Gasteiger partial charge in [-0.1, -0.05) is 6.07 Å². The van der Waals surface area contributed by atoms with Crippen LogP contribution in [0.2, 0.25) is 0 Å². The van der Waals surface area contributed by atoms with E-state index in [-0.39, 0.29) is 5.56 Å². The van der Waals surface area contributed by atoms with Gasteiger partial charge in [0.05, 0.1) is 25.4 Å². The van der Waals surface area contributed by atoms with E-state index in [0.717, 1.165) is 6.07 Å². The third kappa shape index (κ3) is 5.48. The van der Waals surface area contributed by atoms with Gasteiger partial charge < -0.3 is 14.8 Å². The molecule has 0 heterocycles. The van der Waals surface area contributed by atoms with Gasteiger partial charge in [0.25, 0.3) is 0 Å². The molecule has 6 heteroatoms. The van der Waals surface area contributed by atoms with E-state index < -0.39 is 11.7 Å². The molecule has 108 valence electrons. The summed E-state index contributed by atoms with van der Waals surface area (Å²) in [6, 6.07) is 4.20. The molecule has 1 rings (SSSR count). The molecular formula is C13H18F3NO2. The molecule has 0 saturated heterocycles. The van der Waals surface area contributed by atoms with Gasteiger partial charge in [0.2, 0.25) is 0 Å². The van der Waals surface area contributed by atoms with Crippen molar-refractivity contribution in [3.63, 3.8) is 0 Å². The van der Waals surface area contributed by atoms with E-state index in [9.17, 15) is 13.2 Å². The van der Waals surface area contributed by atoms with Gasteiger partial charge in [-0.15, -0.1) is 0 Å². The van der Waals surface area contributed by atoms with E-state index in [1.54, 1.807) is 13.2 Å². The Hall–Kier alpha value is -1.27. The second kappa shape index (κ2) is 7.35. The molecule has 0 amide bonds. The number of halogens is 3. The third-order valence-electron chi connectivity index (χ3n) is 2.55. The molecule has 0 aliphatic heterocycles. The van der Waals surface area contributed by atoms with Crippen molar-refractivity contribution in [1.29, 1.82) is 0 Å². The first kappa shape index (κ1) is 15.8. The van der Waals surface area contributed by atoms with E-state index in [4.69, 9.17) is 9.47 Å². The fraction of sp³-hybridized carbons (Fsp3) is 0.538. The second-order valence-electron chi connectivity index (χ2n) is 4.06. The van der Waals surface area contributed by atoms with Crippen LogP contribution in [0, 0.1) is 6.92 Å². The lowest BCUT2D eigenvalue weighted by Crippen LogP contribution is -2.13. The Kier molecular flexibility index (Phi) is 6.11. The highest BCUT2D eigenvalue weighted by Gasteiger charge is 2.32. The number of methoxy groups -OCH3 is 1. The summed E-state index contributed by atoms with van der Waals surface area (Å²) in [5.74, 6) is 0. The van der Waals surface area contributed by atoms with E-state index in [0.29, 0.717) is 32.1 Å². The molecule has 3 nitrogen and oxygen atoms in total. The lowest BCUT2D eigenvalue weighted by molar-refractivity contribution is -0.138. The van der Waals surface area contributed by atoms with Gasteiger partial charge >= 0.3 is 6.18 Å². The Bertz CT molecular complexity index is 394. The Labute approximate surface area is 110 Å². The van der Waals surface area contributed by atoms with Crippen molar-refractivity contribution >= 4 is 5.69 Å². The topological polar surface area (TPSA) is 30.5 Å². The molecule has 0 bridgehead atoms. The number of ether oxygens (including phenoxy) is 2. The number of rotatable bonds is 7. The summed E-state index contributed by atoms with van der Waals surface area (Å²) in [5.41, 5.74) is 0.0421. The number of alkyl halides is 3. The molecule has 19 heavy (non-hydrogen) atoms. The summed E-state index contributed by atoms with van der Waals surface area (Å²) in [7, 11) is 1.58. The quantitative estimate of drug-likeness (QED) is 0.777. The van der Waals surface area contributed by atoms with Crippen molar-refractivity contribution in [2.24, 2.45) is 0 Å². The molecule has 0 spiro atoms. The van der Waals surface area contributed by atoms with Crippen LogP contribution in [0.15, 0.2) is 18.2 Å². The van der Waals surface area contributed by atoms with Crippen LogP contribution < -0.4 is 5.32 Å². The van der Waals surface area contributed by atoms with Crippen LogP contribution >= 0.6 is 0 Å². The average molecular weight is 277 g/mol. The molecular weight excluding hydrogens is 259 g/mol. The number of benzene rings is 1. The van der Waals surface area contributed by atoms with Gasteiger partial charge in [0.15, 0.2) is 0 Å². The van der Waals surface area contributed by atoms with E-state index in [1.165, 1.54) is 13.0 Å². The largest absolute Gasteiger partial charge is 0.416 e. The van der Waals surface area contributed by atoms with E-state index in [1.807, 2.05) is 0 Å². The summed E-state index contributed by atoms with van der Waals surface area (Å²) in [4.78, 5) is 0. The molecule has 0 aliphatic carbocycles. The van der Waals surface area contributed by atoms with Crippen LogP contribution in [0.4, 0.5) is 18.9 Å². The SMILES string of the molecule is COCCOCCNc1ccc(C)c(C(F)(F)F)c1. The van der Waals surface area contributed by atoms with Crippen molar-refractivity contribution in [2.75, 3.05) is 38.8 Å². The summed E-state index contributed by atoms with van der Waals surface area (Å²) >= 11 is 0. The molecule has 1 aromatic rings. The number of hydrogen-bond acceptors (Lipinski definition) is 3. The maximum atomic E-state index is 12.7. The monoisotopic (exact) mass is 277 g/mol. The lowest BCUT2D eigenvalue weighted by atomic mass is 10.1. The predicted molar refractivity (Wildman–Crippen MR) is 67.4 cm³/mol. The van der Waals surface area contributed by atoms with Gasteiger partial charge in [-0.25, -0.2) is 0 Å². The Morgan fingerprint density at radius 2 is 1.89 bits per heavy atom. The van der Waals surface area contributed by atoms with Crippen LogP contribution in [0.1, 0.15) is 11.1 Å². The minimum Gasteiger partial charge on any atom is -0.383 e. The number of hydrogen-bond donors (Lipinski definition) is 1. The predicted octanol–water partition coefficient (Wildman–Crippen LogP) is 3.09. The summed E-state index contributed by atoms with van der Waals surface area (Å²) in [6.45, 7) is 3.28. The highest BCUT2D eigenvalue weighted by molar-refractivity contribution is 5.49. The number of aryl methyl sites for hydroxylation is 1. The molecule has 0 aliphatic rings. The Balaban J connectivity index is 2.47. The Morgan fingerprint density at radius 3 is 2.53 bits per heavy atom. The van der Waals surface area contributed by atoms with E-state index >= 15 is 0 Å². The molecule has 1 aromatic carbocycles. The minimum absolute atomic E-state index is 0.217. The van der Waals surface area contributed by atoms with E-state index in [2.05, 4.69) is 5.32 Å². The number of anilines is 1. The zero-order chi connectivity index (χ0) is 14.3.